The number of hydrogen-bond donors (Lipinski definition) is 2. The minimum atomic E-state index is -0.341. The number of nitriles is 1. The average molecular weight is 479 g/mol. The summed E-state index contributed by atoms with van der Waals surface area (Å²) in [5.41, 5.74) is 3.06. The van der Waals surface area contributed by atoms with Gasteiger partial charge in [0.2, 0.25) is 0 Å². The van der Waals surface area contributed by atoms with Crippen molar-refractivity contribution in [1.82, 2.24) is 4.98 Å². The maximum absolute atomic E-state index is 12.9. The molecule has 0 saturated heterocycles. The number of methoxy groups -OCH3 is 1. The van der Waals surface area contributed by atoms with E-state index in [1.165, 1.54) is 13.3 Å². The van der Waals surface area contributed by atoms with Crippen molar-refractivity contribution in [1.29, 1.82) is 5.26 Å². The van der Waals surface area contributed by atoms with Gasteiger partial charge in [0.25, 0.3) is 11.8 Å². The molecule has 1 heterocycles. The first kappa shape index (κ1) is 24.0. The summed E-state index contributed by atoms with van der Waals surface area (Å²) in [6, 6.07) is 24.4. The Kier molecular flexibility index (Phi) is 7.54. The molecule has 8 nitrogen and oxygen atoms in total. The standard InChI is InChI=1S/C28H22N4O4/c1-35-26-15-23(11-12-25(26)32-28(34)21-9-5-13-30-17-21)31-27(33)19-8-4-10-24(14-19)36-18-22-7-3-2-6-20(22)16-29/h2-15,17H,18H2,1H3,(H,31,33)(H,32,34). The molecule has 0 saturated carbocycles. The second kappa shape index (κ2) is 11.3. The van der Waals surface area contributed by atoms with E-state index < -0.39 is 0 Å². The molecule has 0 spiro atoms. The number of nitrogens with one attached hydrogen (secondary N) is 2. The van der Waals surface area contributed by atoms with Gasteiger partial charge in [0.05, 0.1) is 30.0 Å². The lowest BCUT2D eigenvalue weighted by atomic mass is 10.1. The Hall–Kier alpha value is -5.16. The summed E-state index contributed by atoms with van der Waals surface area (Å²) in [6.45, 7) is 0.207. The van der Waals surface area contributed by atoms with Crippen LogP contribution in [0.15, 0.2) is 91.3 Å². The summed E-state index contributed by atoms with van der Waals surface area (Å²) in [6.07, 6.45) is 3.06. The number of carbonyl (C=O) groups excluding carboxylic acids is 2. The number of ether oxygens (including phenoxy) is 2. The molecule has 0 aliphatic carbocycles. The van der Waals surface area contributed by atoms with Gasteiger partial charge in [0.15, 0.2) is 0 Å². The number of carbonyl (C=O) groups is 2. The van der Waals surface area contributed by atoms with Crippen LogP contribution in [0.5, 0.6) is 11.5 Å². The normalized spacial score (nSPS) is 10.1. The molecule has 4 aromatic rings. The number of anilines is 2. The predicted molar refractivity (Wildman–Crippen MR) is 135 cm³/mol. The molecule has 178 valence electrons. The fourth-order valence-electron chi connectivity index (χ4n) is 3.41. The van der Waals surface area contributed by atoms with Crippen LogP contribution in [0.4, 0.5) is 11.4 Å². The summed E-state index contributed by atoms with van der Waals surface area (Å²) in [5.74, 6) is 0.221. The number of hydrogen-bond acceptors (Lipinski definition) is 6. The number of rotatable bonds is 8. The van der Waals surface area contributed by atoms with E-state index in [0.29, 0.717) is 39.6 Å². The summed E-state index contributed by atoms with van der Waals surface area (Å²) in [7, 11) is 1.48. The smallest absolute Gasteiger partial charge is 0.257 e. The molecule has 36 heavy (non-hydrogen) atoms. The highest BCUT2D eigenvalue weighted by molar-refractivity contribution is 6.06. The third-order valence-electron chi connectivity index (χ3n) is 5.26. The molecule has 0 unspecified atom stereocenters. The summed E-state index contributed by atoms with van der Waals surface area (Å²) < 4.78 is 11.2. The van der Waals surface area contributed by atoms with Gasteiger partial charge in [-0.25, -0.2) is 0 Å². The second-order valence-corrected chi connectivity index (χ2v) is 7.65. The van der Waals surface area contributed by atoms with Gasteiger partial charge in [0, 0.05) is 35.3 Å². The first-order valence-corrected chi connectivity index (χ1v) is 11.0. The molecule has 0 atom stereocenters. The van der Waals surface area contributed by atoms with Crippen molar-refractivity contribution in [3.63, 3.8) is 0 Å². The minimum absolute atomic E-state index is 0.207. The molecule has 0 fully saturated rings. The van der Waals surface area contributed by atoms with Crippen molar-refractivity contribution >= 4 is 23.2 Å². The van der Waals surface area contributed by atoms with Crippen LogP contribution in [-0.4, -0.2) is 23.9 Å². The van der Waals surface area contributed by atoms with E-state index in [9.17, 15) is 14.9 Å². The van der Waals surface area contributed by atoms with Crippen LogP contribution < -0.4 is 20.1 Å². The van der Waals surface area contributed by atoms with Crippen LogP contribution in [0, 0.1) is 11.3 Å². The van der Waals surface area contributed by atoms with E-state index in [4.69, 9.17) is 9.47 Å². The second-order valence-electron chi connectivity index (χ2n) is 7.65. The SMILES string of the molecule is COc1cc(NC(=O)c2cccc(OCc3ccccc3C#N)c2)ccc1NC(=O)c1cccnc1. The Morgan fingerprint density at radius 3 is 2.50 bits per heavy atom. The molecule has 0 aliphatic heterocycles. The third-order valence-corrected chi connectivity index (χ3v) is 5.26. The van der Waals surface area contributed by atoms with Crippen LogP contribution in [0.25, 0.3) is 0 Å². The molecule has 2 N–H and O–H groups in total. The summed E-state index contributed by atoms with van der Waals surface area (Å²) in [5, 5.41) is 14.8. The van der Waals surface area contributed by atoms with Crippen LogP contribution in [-0.2, 0) is 6.61 Å². The van der Waals surface area contributed by atoms with Gasteiger partial charge in [-0.1, -0.05) is 24.3 Å². The van der Waals surface area contributed by atoms with Crippen molar-refractivity contribution in [2.75, 3.05) is 17.7 Å². The van der Waals surface area contributed by atoms with Crippen molar-refractivity contribution in [2.45, 2.75) is 6.61 Å². The lowest BCUT2D eigenvalue weighted by molar-refractivity contribution is 0.101. The third kappa shape index (κ3) is 5.85. The van der Waals surface area contributed by atoms with Gasteiger partial charge in [0.1, 0.15) is 18.1 Å². The summed E-state index contributed by atoms with van der Waals surface area (Å²) in [4.78, 5) is 29.2. The van der Waals surface area contributed by atoms with Crippen LogP contribution in [0.3, 0.4) is 0 Å². The maximum atomic E-state index is 12.9. The zero-order chi connectivity index (χ0) is 25.3. The molecule has 0 radical (unpaired) electrons. The van der Waals surface area contributed by atoms with Crippen LogP contribution >= 0.6 is 0 Å². The number of pyridine rings is 1. The highest BCUT2D eigenvalue weighted by Crippen LogP contribution is 2.29. The molecule has 3 aromatic carbocycles. The zero-order valence-corrected chi connectivity index (χ0v) is 19.4. The average Bonchev–Trinajstić information content (AvgIpc) is 2.93. The first-order valence-electron chi connectivity index (χ1n) is 11.0. The van der Waals surface area contributed by atoms with E-state index >= 15 is 0 Å². The topological polar surface area (TPSA) is 113 Å². The number of aromatic nitrogens is 1. The molecule has 8 heteroatoms. The van der Waals surface area contributed by atoms with Crippen LogP contribution in [0.2, 0.25) is 0 Å². The van der Waals surface area contributed by atoms with E-state index in [0.717, 1.165) is 5.56 Å². The lowest BCUT2D eigenvalue weighted by Gasteiger charge is -2.13. The highest BCUT2D eigenvalue weighted by atomic mass is 16.5. The van der Waals surface area contributed by atoms with Crippen LogP contribution in [0.1, 0.15) is 31.8 Å². The fourth-order valence-corrected chi connectivity index (χ4v) is 3.41. The van der Waals surface area contributed by atoms with Gasteiger partial charge in [-0.2, -0.15) is 5.26 Å². The summed E-state index contributed by atoms with van der Waals surface area (Å²) >= 11 is 0. The van der Waals surface area contributed by atoms with Gasteiger partial charge in [-0.05, 0) is 48.5 Å². The molecular weight excluding hydrogens is 456 g/mol. The van der Waals surface area contributed by atoms with Crippen molar-refractivity contribution in [3.05, 3.63) is 114 Å². The largest absolute Gasteiger partial charge is 0.494 e. The van der Waals surface area contributed by atoms with E-state index in [2.05, 4.69) is 21.7 Å². The van der Waals surface area contributed by atoms with Crippen molar-refractivity contribution in [3.8, 4) is 17.6 Å². The quantitative estimate of drug-likeness (QED) is 0.367. The zero-order valence-electron chi connectivity index (χ0n) is 19.4. The predicted octanol–water partition coefficient (Wildman–Crippen LogP) is 5.05. The monoisotopic (exact) mass is 478 g/mol. The van der Waals surface area contributed by atoms with Crippen molar-refractivity contribution < 1.29 is 19.1 Å². The number of nitrogens with zero attached hydrogens (tertiary/aromatic N) is 2. The van der Waals surface area contributed by atoms with Crippen molar-refractivity contribution in [2.24, 2.45) is 0 Å². The minimum Gasteiger partial charge on any atom is -0.494 e. The fraction of sp³-hybridized carbons (Fsp3) is 0.0714. The molecule has 0 bridgehead atoms. The first-order chi connectivity index (χ1) is 17.6. The lowest BCUT2D eigenvalue weighted by Crippen LogP contribution is -2.14. The number of amides is 2. The molecule has 4 rings (SSSR count). The molecule has 2 amide bonds. The Labute approximate surface area is 208 Å². The number of benzene rings is 3. The Morgan fingerprint density at radius 1 is 0.917 bits per heavy atom. The Morgan fingerprint density at radius 2 is 1.72 bits per heavy atom. The molecule has 0 aliphatic rings. The Bertz CT molecular complexity index is 1430. The van der Waals surface area contributed by atoms with Gasteiger partial charge in [-0.15, -0.1) is 0 Å². The van der Waals surface area contributed by atoms with E-state index in [1.54, 1.807) is 72.9 Å². The maximum Gasteiger partial charge on any atom is 0.257 e. The van der Waals surface area contributed by atoms with E-state index in [-0.39, 0.29) is 18.4 Å². The molecular formula is C28H22N4O4. The molecule has 1 aromatic heterocycles. The van der Waals surface area contributed by atoms with E-state index in [1.807, 2.05) is 12.1 Å². The van der Waals surface area contributed by atoms with Gasteiger partial charge < -0.3 is 20.1 Å². The van der Waals surface area contributed by atoms with Gasteiger partial charge >= 0.3 is 0 Å². The van der Waals surface area contributed by atoms with Gasteiger partial charge in [-0.3, -0.25) is 14.6 Å². The Balaban J connectivity index is 1.43. The highest BCUT2D eigenvalue weighted by Gasteiger charge is 2.13.